The van der Waals surface area contributed by atoms with E-state index in [-0.39, 0.29) is 23.7 Å². The second-order valence-electron chi connectivity index (χ2n) is 5.99. The summed E-state index contributed by atoms with van der Waals surface area (Å²) >= 11 is 0. The molecule has 20 heavy (non-hydrogen) atoms. The second-order valence-corrected chi connectivity index (χ2v) is 5.99. The highest BCUT2D eigenvalue weighted by atomic mass is 19.1. The Bertz CT molecular complexity index is 436. The van der Waals surface area contributed by atoms with Crippen molar-refractivity contribution in [1.82, 2.24) is 5.32 Å². The Labute approximate surface area is 120 Å². The van der Waals surface area contributed by atoms with Crippen LogP contribution < -0.4 is 10.2 Å². The number of carbonyl (C=O) groups excluding carboxylic acids is 1. The molecule has 0 aliphatic carbocycles. The maximum atomic E-state index is 12.9. The Balaban J connectivity index is 1.79. The summed E-state index contributed by atoms with van der Waals surface area (Å²) in [5.74, 6) is 0.169. The number of halogens is 1. The molecule has 0 unspecified atom stereocenters. The number of piperidine rings is 1. The van der Waals surface area contributed by atoms with E-state index in [1.54, 1.807) is 0 Å². The summed E-state index contributed by atoms with van der Waals surface area (Å²) in [7, 11) is 0. The van der Waals surface area contributed by atoms with Crippen molar-refractivity contribution in [3.8, 4) is 0 Å². The van der Waals surface area contributed by atoms with Gasteiger partial charge < -0.3 is 10.2 Å². The van der Waals surface area contributed by atoms with Crippen LogP contribution in [0.1, 0.15) is 32.3 Å². The molecule has 1 saturated heterocycles. The number of quaternary nitrogens is 1. The molecule has 1 fully saturated rings. The summed E-state index contributed by atoms with van der Waals surface area (Å²) in [6.07, 6.45) is 1.88. The van der Waals surface area contributed by atoms with Crippen molar-refractivity contribution in [2.24, 2.45) is 5.92 Å². The van der Waals surface area contributed by atoms with Gasteiger partial charge in [0, 0.05) is 30.4 Å². The van der Waals surface area contributed by atoms with Gasteiger partial charge in [-0.05, 0) is 26.0 Å². The number of amides is 1. The van der Waals surface area contributed by atoms with E-state index in [0.29, 0.717) is 0 Å². The fraction of sp³-hybridized carbons (Fsp3) is 0.562. The summed E-state index contributed by atoms with van der Waals surface area (Å²) < 4.78 is 12.9. The van der Waals surface area contributed by atoms with Crippen molar-refractivity contribution >= 4 is 5.91 Å². The fourth-order valence-corrected chi connectivity index (χ4v) is 2.76. The zero-order chi connectivity index (χ0) is 14.5. The summed E-state index contributed by atoms with van der Waals surface area (Å²) in [4.78, 5) is 13.4. The van der Waals surface area contributed by atoms with Gasteiger partial charge in [0.15, 0.2) is 0 Å². The first-order valence-electron chi connectivity index (χ1n) is 7.43. The minimum Gasteiger partial charge on any atom is -0.354 e. The van der Waals surface area contributed by atoms with E-state index in [2.05, 4.69) is 5.32 Å². The number of hydrogen-bond donors (Lipinski definition) is 2. The van der Waals surface area contributed by atoms with Crippen LogP contribution in [0, 0.1) is 11.7 Å². The molecule has 4 heteroatoms. The molecule has 1 aromatic carbocycles. The standard InChI is InChI=1S/C16H23FN2O/c1-12(2)18-16(20)14-7-9-19(10-8-14)11-13-3-5-15(17)6-4-13/h3-6,12,14H,7-11H2,1-2H3,(H,18,20)/p+1. The van der Waals surface area contributed by atoms with E-state index in [9.17, 15) is 9.18 Å². The average molecular weight is 279 g/mol. The highest BCUT2D eigenvalue weighted by Gasteiger charge is 2.27. The summed E-state index contributed by atoms with van der Waals surface area (Å²) in [5, 5.41) is 2.99. The quantitative estimate of drug-likeness (QED) is 0.851. The number of nitrogens with one attached hydrogen (secondary N) is 2. The Morgan fingerprint density at radius 1 is 1.30 bits per heavy atom. The van der Waals surface area contributed by atoms with Gasteiger partial charge in [-0.25, -0.2) is 4.39 Å². The molecular formula is C16H24FN2O+. The molecule has 3 nitrogen and oxygen atoms in total. The van der Waals surface area contributed by atoms with Gasteiger partial charge in [0.1, 0.15) is 12.4 Å². The molecule has 1 heterocycles. The van der Waals surface area contributed by atoms with Gasteiger partial charge in [0.25, 0.3) is 0 Å². The van der Waals surface area contributed by atoms with Crippen molar-refractivity contribution in [3.05, 3.63) is 35.6 Å². The van der Waals surface area contributed by atoms with Crippen molar-refractivity contribution < 1.29 is 14.1 Å². The van der Waals surface area contributed by atoms with Gasteiger partial charge in [0.05, 0.1) is 13.1 Å². The van der Waals surface area contributed by atoms with E-state index in [4.69, 9.17) is 0 Å². The number of carbonyl (C=O) groups is 1. The summed E-state index contributed by atoms with van der Waals surface area (Å²) in [6, 6.07) is 6.93. The molecule has 0 atom stereocenters. The smallest absolute Gasteiger partial charge is 0.223 e. The molecule has 0 radical (unpaired) electrons. The number of likely N-dealkylation sites (tertiary alicyclic amines) is 1. The number of rotatable bonds is 4. The van der Waals surface area contributed by atoms with Crippen LogP contribution in [0.3, 0.4) is 0 Å². The maximum Gasteiger partial charge on any atom is 0.223 e. The molecule has 1 aliphatic rings. The zero-order valence-corrected chi connectivity index (χ0v) is 12.3. The molecular weight excluding hydrogens is 255 g/mol. The van der Waals surface area contributed by atoms with Crippen LogP contribution in [0.2, 0.25) is 0 Å². The minimum atomic E-state index is -0.187. The van der Waals surface area contributed by atoms with Crippen molar-refractivity contribution in [2.45, 2.75) is 39.3 Å². The molecule has 0 bridgehead atoms. The lowest BCUT2D eigenvalue weighted by Crippen LogP contribution is -3.11. The molecule has 2 rings (SSSR count). The molecule has 110 valence electrons. The lowest BCUT2D eigenvalue weighted by atomic mass is 9.95. The van der Waals surface area contributed by atoms with Gasteiger partial charge in [-0.15, -0.1) is 0 Å². The largest absolute Gasteiger partial charge is 0.354 e. The van der Waals surface area contributed by atoms with Crippen LogP contribution in [0.15, 0.2) is 24.3 Å². The molecule has 0 spiro atoms. The van der Waals surface area contributed by atoms with E-state index in [0.717, 1.165) is 38.0 Å². The first-order valence-corrected chi connectivity index (χ1v) is 7.43. The Morgan fingerprint density at radius 3 is 2.45 bits per heavy atom. The number of benzene rings is 1. The first-order chi connectivity index (χ1) is 9.54. The zero-order valence-electron chi connectivity index (χ0n) is 12.3. The lowest BCUT2D eigenvalue weighted by molar-refractivity contribution is -0.919. The predicted molar refractivity (Wildman–Crippen MR) is 76.8 cm³/mol. The lowest BCUT2D eigenvalue weighted by Gasteiger charge is -2.29. The third-order valence-corrected chi connectivity index (χ3v) is 3.86. The normalized spacial score (nSPS) is 22.8. The van der Waals surface area contributed by atoms with Crippen molar-refractivity contribution in [2.75, 3.05) is 13.1 Å². The van der Waals surface area contributed by atoms with Gasteiger partial charge in [-0.2, -0.15) is 0 Å². The molecule has 1 aliphatic heterocycles. The van der Waals surface area contributed by atoms with E-state index in [1.807, 2.05) is 26.0 Å². The maximum absolute atomic E-state index is 12.9. The monoisotopic (exact) mass is 279 g/mol. The Morgan fingerprint density at radius 2 is 1.90 bits per heavy atom. The minimum absolute atomic E-state index is 0.161. The molecule has 1 aromatic rings. The number of hydrogen-bond acceptors (Lipinski definition) is 1. The van der Waals surface area contributed by atoms with Gasteiger partial charge in [-0.3, -0.25) is 4.79 Å². The molecule has 0 aromatic heterocycles. The van der Waals surface area contributed by atoms with Crippen LogP contribution in [0.5, 0.6) is 0 Å². The Hall–Kier alpha value is -1.42. The third-order valence-electron chi connectivity index (χ3n) is 3.86. The van der Waals surface area contributed by atoms with Crippen molar-refractivity contribution in [3.63, 3.8) is 0 Å². The van der Waals surface area contributed by atoms with Gasteiger partial charge >= 0.3 is 0 Å². The van der Waals surface area contributed by atoms with Crippen molar-refractivity contribution in [1.29, 1.82) is 0 Å². The van der Waals surface area contributed by atoms with Gasteiger partial charge in [-0.1, -0.05) is 12.1 Å². The van der Waals surface area contributed by atoms with E-state index < -0.39 is 0 Å². The topological polar surface area (TPSA) is 33.5 Å². The molecule has 1 amide bonds. The van der Waals surface area contributed by atoms with Crippen LogP contribution >= 0.6 is 0 Å². The summed E-state index contributed by atoms with van der Waals surface area (Å²) in [6.45, 7) is 6.92. The summed E-state index contributed by atoms with van der Waals surface area (Å²) in [5.41, 5.74) is 1.16. The highest BCUT2D eigenvalue weighted by molar-refractivity contribution is 5.78. The van der Waals surface area contributed by atoms with Crippen LogP contribution in [-0.4, -0.2) is 25.0 Å². The predicted octanol–water partition coefficient (Wildman–Crippen LogP) is 1.15. The fourth-order valence-electron chi connectivity index (χ4n) is 2.76. The van der Waals surface area contributed by atoms with E-state index >= 15 is 0 Å². The second kappa shape index (κ2) is 6.84. The molecule has 0 saturated carbocycles. The van der Waals surface area contributed by atoms with Crippen LogP contribution in [0.4, 0.5) is 4.39 Å². The highest BCUT2D eigenvalue weighted by Crippen LogP contribution is 2.10. The van der Waals surface area contributed by atoms with E-state index in [1.165, 1.54) is 17.0 Å². The molecule has 2 N–H and O–H groups in total. The first kappa shape index (κ1) is 15.0. The SMILES string of the molecule is CC(C)NC(=O)C1CC[NH+](Cc2ccc(F)cc2)CC1. The van der Waals surface area contributed by atoms with Crippen LogP contribution in [-0.2, 0) is 11.3 Å². The average Bonchev–Trinajstić information content (AvgIpc) is 2.41. The van der Waals surface area contributed by atoms with Gasteiger partial charge in [0.2, 0.25) is 5.91 Å². The Kier molecular flexibility index (Phi) is 5.12. The third kappa shape index (κ3) is 4.30. The van der Waals surface area contributed by atoms with Crippen LogP contribution in [0.25, 0.3) is 0 Å².